The van der Waals surface area contributed by atoms with E-state index in [1.54, 1.807) is 30.3 Å². The van der Waals surface area contributed by atoms with Crippen LogP contribution in [0.15, 0.2) is 48.5 Å². The van der Waals surface area contributed by atoms with E-state index in [0.717, 1.165) is 24.0 Å². The highest BCUT2D eigenvalue weighted by Gasteiger charge is 2.44. The Kier molecular flexibility index (Phi) is 5.52. The molecule has 1 N–H and O–H groups in total. The summed E-state index contributed by atoms with van der Waals surface area (Å²) in [5, 5.41) is 2.79. The van der Waals surface area contributed by atoms with E-state index in [4.69, 9.17) is 0 Å². The van der Waals surface area contributed by atoms with E-state index in [1.807, 2.05) is 0 Å². The Morgan fingerprint density at radius 1 is 1.11 bits per heavy atom. The number of rotatable bonds is 6. The number of hydrogen-bond acceptors (Lipinski definition) is 3. The largest absolute Gasteiger partial charge is 0.416 e. The Labute approximate surface area is 161 Å². The van der Waals surface area contributed by atoms with Crippen LogP contribution in [-0.4, -0.2) is 20.6 Å². The van der Waals surface area contributed by atoms with Gasteiger partial charge in [-0.15, -0.1) is 0 Å². The van der Waals surface area contributed by atoms with E-state index in [1.165, 1.54) is 6.07 Å². The standard InChI is InChI=1S/C20H20F3NO3S/c1-28(26,27)12-14-7-5-13(6-8-14)11-24-19(25)18-10-17(18)15-3-2-4-16(9-15)20(21,22)23/h2-9,17-18H,10-12H2,1H3,(H,24,25). The van der Waals surface area contributed by atoms with Gasteiger partial charge < -0.3 is 5.32 Å². The van der Waals surface area contributed by atoms with E-state index < -0.39 is 21.6 Å². The number of hydrogen-bond donors (Lipinski definition) is 1. The molecule has 0 saturated heterocycles. The minimum absolute atomic E-state index is 0.0413. The van der Waals surface area contributed by atoms with Gasteiger partial charge in [-0.1, -0.05) is 42.5 Å². The van der Waals surface area contributed by atoms with Crippen LogP contribution in [0.1, 0.15) is 34.6 Å². The van der Waals surface area contributed by atoms with Crippen LogP contribution in [0.25, 0.3) is 0 Å². The zero-order valence-corrected chi connectivity index (χ0v) is 16.0. The summed E-state index contributed by atoms with van der Waals surface area (Å²) in [5.41, 5.74) is 1.32. The van der Waals surface area contributed by atoms with E-state index in [0.29, 0.717) is 17.5 Å². The van der Waals surface area contributed by atoms with Crippen LogP contribution < -0.4 is 5.32 Å². The van der Waals surface area contributed by atoms with Gasteiger partial charge in [0.25, 0.3) is 0 Å². The van der Waals surface area contributed by atoms with Crippen molar-refractivity contribution in [3.05, 3.63) is 70.8 Å². The summed E-state index contributed by atoms with van der Waals surface area (Å²) in [6, 6.07) is 12.0. The van der Waals surface area contributed by atoms with Gasteiger partial charge in [-0.3, -0.25) is 4.79 Å². The third-order valence-electron chi connectivity index (χ3n) is 4.69. The molecule has 1 fully saturated rings. The first kappa shape index (κ1) is 20.4. The maximum atomic E-state index is 12.8. The molecule has 2 unspecified atom stereocenters. The molecule has 1 saturated carbocycles. The average molecular weight is 411 g/mol. The van der Waals surface area contributed by atoms with Gasteiger partial charge in [0.15, 0.2) is 9.84 Å². The van der Waals surface area contributed by atoms with Crippen molar-refractivity contribution in [2.24, 2.45) is 5.92 Å². The van der Waals surface area contributed by atoms with Crippen molar-refractivity contribution in [2.45, 2.75) is 30.8 Å². The van der Waals surface area contributed by atoms with Gasteiger partial charge in [0, 0.05) is 18.7 Å². The molecule has 0 heterocycles. The smallest absolute Gasteiger partial charge is 0.352 e. The molecule has 0 aliphatic heterocycles. The van der Waals surface area contributed by atoms with Crippen molar-refractivity contribution in [1.82, 2.24) is 5.32 Å². The molecule has 2 aromatic rings. The highest BCUT2D eigenvalue weighted by Crippen LogP contribution is 2.48. The molecule has 2 aromatic carbocycles. The van der Waals surface area contributed by atoms with E-state index in [2.05, 4.69) is 5.32 Å². The molecule has 0 aromatic heterocycles. The number of amides is 1. The van der Waals surface area contributed by atoms with Gasteiger partial charge in [0.2, 0.25) is 5.91 Å². The van der Waals surface area contributed by atoms with Gasteiger partial charge in [0.05, 0.1) is 11.3 Å². The molecule has 8 heteroatoms. The second-order valence-corrected chi connectivity index (χ2v) is 9.32. The third kappa shape index (κ3) is 5.34. The number of carbonyl (C=O) groups excluding carboxylic acids is 1. The van der Waals surface area contributed by atoms with Crippen molar-refractivity contribution >= 4 is 15.7 Å². The molecule has 3 rings (SSSR count). The normalized spacial score (nSPS) is 19.3. The highest BCUT2D eigenvalue weighted by atomic mass is 32.2. The van der Waals surface area contributed by atoms with Crippen LogP contribution in [0.2, 0.25) is 0 Å². The predicted molar refractivity (Wildman–Crippen MR) is 99.1 cm³/mol. The maximum absolute atomic E-state index is 12.8. The van der Waals surface area contributed by atoms with Crippen molar-refractivity contribution in [2.75, 3.05) is 6.26 Å². The van der Waals surface area contributed by atoms with Crippen LogP contribution in [-0.2, 0) is 33.1 Å². The first-order chi connectivity index (χ1) is 13.0. The summed E-state index contributed by atoms with van der Waals surface area (Å²) in [6.07, 6.45) is -2.70. The molecular weight excluding hydrogens is 391 g/mol. The number of benzene rings is 2. The zero-order valence-electron chi connectivity index (χ0n) is 15.2. The minimum Gasteiger partial charge on any atom is -0.352 e. The van der Waals surface area contributed by atoms with Gasteiger partial charge in [-0.05, 0) is 35.1 Å². The number of halogens is 3. The minimum atomic E-state index is -4.40. The van der Waals surface area contributed by atoms with Gasteiger partial charge in [-0.25, -0.2) is 8.42 Å². The van der Waals surface area contributed by atoms with Gasteiger partial charge >= 0.3 is 6.18 Å². The molecule has 150 valence electrons. The summed E-state index contributed by atoms with van der Waals surface area (Å²) in [5.74, 6) is -0.754. The second-order valence-electron chi connectivity index (χ2n) is 7.18. The lowest BCUT2D eigenvalue weighted by Crippen LogP contribution is -2.24. The monoisotopic (exact) mass is 411 g/mol. The number of sulfone groups is 1. The Balaban J connectivity index is 1.54. The quantitative estimate of drug-likeness (QED) is 0.789. The predicted octanol–water partition coefficient (Wildman–Crippen LogP) is 3.67. The number of nitrogens with one attached hydrogen (secondary N) is 1. The Morgan fingerprint density at radius 2 is 1.75 bits per heavy atom. The average Bonchev–Trinajstić information content (AvgIpc) is 3.40. The Bertz CT molecular complexity index is 969. The van der Waals surface area contributed by atoms with Crippen molar-refractivity contribution < 1.29 is 26.4 Å². The summed E-state index contributed by atoms with van der Waals surface area (Å²) in [6.45, 7) is 0.282. The van der Waals surface area contributed by atoms with Gasteiger partial charge in [0.1, 0.15) is 0 Å². The van der Waals surface area contributed by atoms with Crippen molar-refractivity contribution in [3.63, 3.8) is 0 Å². The lowest BCUT2D eigenvalue weighted by atomic mass is 10.1. The first-order valence-corrected chi connectivity index (χ1v) is 10.8. The fourth-order valence-electron chi connectivity index (χ4n) is 3.18. The summed E-state index contributed by atoms with van der Waals surface area (Å²) in [4.78, 5) is 12.3. The molecule has 28 heavy (non-hydrogen) atoms. The highest BCUT2D eigenvalue weighted by molar-refractivity contribution is 7.89. The van der Waals surface area contributed by atoms with Crippen LogP contribution in [0.5, 0.6) is 0 Å². The summed E-state index contributed by atoms with van der Waals surface area (Å²) < 4.78 is 61.0. The van der Waals surface area contributed by atoms with Crippen molar-refractivity contribution in [1.29, 1.82) is 0 Å². The molecule has 4 nitrogen and oxygen atoms in total. The lowest BCUT2D eigenvalue weighted by molar-refractivity contribution is -0.137. The maximum Gasteiger partial charge on any atom is 0.416 e. The Morgan fingerprint density at radius 3 is 2.36 bits per heavy atom. The SMILES string of the molecule is CS(=O)(=O)Cc1ccc(CNC(=O)C2CC2c2cccc(C(F)(F)F)c2)cc1. The van der Waals surface area contributed by atoms with E-state index in [-0.39, 0.29) is 30.0 Å². The van der Waals surface area contributed by atoms with E-state index in [9.17, 15) is 26.4 Å². The molecule has 1 amide bonds. The second kappa shape index (κ2) is 7.58. The molecule has 1 aliphatic rings. The van der Waals surface area contributed by atoms with Crippen LogP contribution in [0.3, 0.4) is 0 Å². The molecule has 0 bridgehead atoms. The molecule has 2 atom stereocenters. The lowest BCUT2D eigenvalue weighted by Gasteiger charge is -2.09. The van der Waals surface area contributed by atoms with Crippen LogP contribution in [0, 0.1) is 5.92 Å². The summed E-state index contributed by atoms with van der Waals surface area (Å²) >= 11 is 0. The van der Waals surface area contributed by atoms with Crippen molar-refractivity contribution in [3.8, 4) is 0 Å². The third-order valence-corrected chi connectivity index (χ3v) is 5.55. The van der Waals surface area contributed by atoms with Crippen LogP contribution in [0.4, 0.5) is 13.2 Å². The Hall–Kier alpha value is -2.35. The van der Waals surface area contributed by atoms with E-state index >= 15 is 0 Å². The topological polar surface area (TPSA) is 63.2 Å². The zero-order chi connectivity index (χ0) is 20.5. The molecule has 0 spiro atoms. The number of alkyl halides is 3. The van der Waals surface area contributed by atoms with Crippen LogP contribution >= 0.6 is 0 Å². The summed E-state index contributed by atoms with van der Waals surface area (Å²) in [7, 11) is -3.10. The molecule has 0 radical (unpaired) electrons. The molecule has 1 aliphatic carbocycles. The first-order valence-electron chi connectivity index (χ1n) is 8.73. The fourth-order valence-corrected chi connectivity index (χ4v) is 3.97. The number of carbonyl (C=O) groups is 1. The fraction of sp³-hybridized carbons (Fsp3) is 0.350. The van der Waals surface area contributed by atoms with Gasteiger partial charge in [-0.2, -0.15) is 13.2 Å². The molecular formula is C20H20F3NO3S.